The van der Waals surface area contributed by atoms with Gasteiger partial charge in [-0.3, -0.25) is 4.79 Å². The first-order valence-electron chi connectivity index (χ1n) is 8.05. The lowest BCUT2D eigenvalue weighted by Crippen LogP contribution is -2.13. The van der Waals surface area contributed by atoms with E-state index in [-0.39, 0.29) is 5.91 Å². The molecule has 0 saturated heterocycles. The van der Waals surface area contributed by atoms with Crippen LogP contribution in [0.5, 0.6) is 11.5 Å². The van der Waals surface area contributed by atoms with E-state index in [2.05, 4.69) is 19.2 Å². The Balaban J connectivity index is 1.97. The van der Waals surface area contributed by atoms with Gasteiger partial charge in [0.05, 0.1) is 6.61 Å². The molecule has 0 aliphatic carbocycles. The standard InChI is InChI=1S/C19H24N2O3/c1-14(2)13-24-18-5-3-4-15(12-18)19(22)21-16-6-8-17(9-7-16)23-11-10-20/h3-9,12,14H,10-11,13,20H2,1-2H3,(H,21,22). The summed E-state index contributed by atoms with van der Waals surface area (Å²) in [6.07, 6.45) is 0. The Kier molecular flexibility index (Phi) is 6.63. The molecule has 24 heavy (non-hydrogen) atoms. The van der Waals surface area contributed by atoms with Gasteiger partial charge in [-0.1, -0.05) is 19.9 Å². The van der Waals surface area contributed by atoms with E-state index in [1.54, 1.807) is 36.4 Å². The maximum atomic E-state index is 12.3. The van der Waals surface area contributed by atoms with E-state index in [0.29, 0.717) is 42.7 Å². The molecule has 0 saturated carbocycles. The normalized spacial score (nSPS) is 10.5. The lowest BCUT2D eigenvalue weighted by Gasteiger charge is -2.11. The third kappa shape index (κ3) is 5.59. The fraction of sp³-hybridized carbons (Fsp3) is 0.316. The number of anilines is 1. The number of hydrogen-bond donors (Lipinski definition) is 2. The van der Waals surface area contributed by atoms with Crippen LogP contribution in [0.3, 0.4) is 0 Å². The first-order chi connectivity index (χ1) is 11.6. The number of rotatable bonds is 8. The molecular formula is C19H24N2O3. The summed E-state index contributed by atoms with van der Waals surface area (Å²) < 4.78 is 11.1. The highest BCUT2D eigenvalue weighted by Crippen LogP contribution is 2.18. The average molecular weight is 328 g/mol. The summed E-state index contributed by atoms with van der Waals surface area (Å²) >= 11 is 0. The molecule has 2 aromatic carbocycles. The molecule has 0 aliphatic heterocycles. The van der Waals surface area contributed by atoms with Crippen molar-refractivity contribution in [2.75, 3.05) is 25.1 Å². The Labute approximate surface area is 142 Å². The molecule has 2 aromatic rings. The zero-order valence-electron chi connectivity index (χ0n) is 14.1. The second kappa shape index (κ2) is 8.93. The van der Waals surface area contributed by atoms with Crippen LogP contribution >= 0.6 is 0 Å². The van der Waals surface area contributed by atoms with Crippen LogP contribution in [0.2, 0.25) is 0 Å². The van der Waals surface area contributed by atoms with E-state index < -0.39 is 0 Å². The summed E-state index contributed by atoms with van der Waals surface area (Å²) in [4.78, 5) is 12.3. The highest BCUT2D eigenvalue weighted by molar-refractivity contribution is 6.04. The molecule has 0 aromatic heterocycles. The van der Waals surface area contributed by atoms with Gasteiger partial charge >= 0.3 is 0 Å². The van der Waals surface area contributed by atoms with Gasteiger partial charge in [0.1, 0.15) is 18.1 Å². The monoisotopic (exact) mass is 328 g/mol. The van der Waals surface area contributed by atoms with Gasteiger partial charge in [-0.15, -0.1) is 0 Å². The zero-order valence-corrected chi connectivity index (χ0v) is 14.1. The zero-order chi connectivity index (χ0) is 17.4. The van der Waals surface area contributed by atoms with Crippen molar-refractivity contribution < 1.29 is 14.3 Å². The first kappa shape index (κ1) is 17.8. The van der Waals surface area contributed by atoms with Gasteiger partial charge < -0.3 is 20.5 Å². The first-order valence-corrected chi connectivity index (χ1v) is 8.05. The van der Waals surface area contributed by atoms with Gasteiger partial charge in [-0.25, -0.2) is 0 Å². The fourth-order valence-corrected chi connectivity index (χ4v) is 2.00. The Hall–Kier alpha value is -2.53. The summed E-state index contributed by atoms with van der Waals surface area (Å²) in [5.41, 5.74) is 6.65. The smallest absolute Gasteiger partial charge is 0.255 e. The van der Waals surface area contributed by atoms with Crippen LogP contribution < -0.4 is 20.5 Å². The van der Waals surface area contributed by atoms with Gasteiger partial charge in [0, 0.05) is 17.8 Å². The van der Waals surface area contributed by atoms with Crippen LogP contribution in [0.4, 0.5) is 5.69 Å². The third-order valence-electron chi connectivity index (χ3n) is 3.18. The number of carbonyl (C=O) groups excluding carboxylic acids is 1. The van der Waals surface area contributed by atoms with E-state index in [0.717, 1.165) is 5.75 Å². The van der Waals surface area contributed by atoms with Crippen molar-refractivity contribution in [3.8, 4) is 11.5 Å². The van der Waals surface area contributed by atoms with E-state index in [1.165, 1.54) is 0 Å². The average Bonchev–Trinajstić information content (AvgIpc) is 2.59. The van der Waals surface area contributed by atoms with E-state index in [9.17, 15) is 4.79 Å². The minimum absolute atomic E-state index is 0.180. The Morgan fingerprint density at radius 3 is 2.50 bits per heavy atom. The summed E-state index contributed by atoms with van der Waals surface area (Å²) in [6, 6.07) is 14.4. The molecule has 128 valence electrons. The molecule has 0 unspecified atom stereocenters. The summed E-state index contributed by atoms with van der Waals surface area (Å²) in [7, 11) is 0. The summed E-state index contributed by atoms with van der Waals surface area (Å²) in [6.45, 7) is 5.72. The Morgan fingerprint density at radius 1 is 1.08 bits per heavy atom. The third-order valence-corrected chi connectivity index (χ3v) is 3.18. The molecule has 0 heterocycles. The molecule has 0 aliphatic rings. The number of nitrogens with one attached hydrogen (secondary N) is 1. The topological polar surface area (TPSA) is 73.6 Å². The molecule has 0 bridgehead atoms. The number of nitrogens with two attached hydrogens (primary N) is 1. The molecule has 0 atom stereocenters. The maximum Gasteiger partial charge on any atom is 0.255 e. The molecule has 1 amide bonds. The molecule has 0 spiro atoms. The molecule has 0 radical (unpaired) electrons. The predicted octanol–water partition coefficient (Wildman–Crippen LogP) is 3.31. The van der Waals surface area contributed by atoms with E-state index in [1.807, 2.05) is 12.1 Å². The minimum Gasteiger partial charge on any atom is -0.493 e. The van der Waals surface area contributed by atoms with Crippen molar-refractivity contribution in [2.45, 2.75) is 13.8 Å². The number of carbonyl (C=O) groups is 1. The predicted molar refractivity (Wildman–Crippen MR) is 95.7 cm³/mol. The lowest BCUT2D eigenvalue weighted by molar-refractivity contribution is 0.102. The second-order valence-corrected chi connectivity index (χ2v) is 5.85. The highest BCUT2D eigenvalue weighted by Gasteiger charge is 2.08. The van der Waals surface area contributed by atoms with Crippen LogP contribution in [-0.2, 0) is 0 Å². The second-order valence-electron chi connectivity index (χ2n) is 5.85. The number of hydrogen-bond acceptors (Lipinski definition) is 4. The van der Waals surface area contributed by atoms with Crippen molar-refractivity contribution >= 4 is 11.6 Å². The molecule has 0 fully saturated rings. The SMILES string of the molecule is CC(C)COc1cccc(C(=O)Nc2ccc(OCCN)cc2)c1. The number of benzene rings is 2. The van der Waals surface area contributed by atoms with E-state index >= 15 is 0 Å². The summed E-state index contributed by atoms with van der Waals surface area (Å²) in [5, 5.41) is 2.86. The fourth-order valence-electron chi connectivity index (χ4n) is 2.00. The van der Waals surface area contributed by atoms with Crippen LogP contribution in [0.1, 0.15) is 24.2 Å². The highest BCUT2D eigenvalue weighted by atomic mass is 16.5. The Morgan fingerprint density at radius 2 is 1.83 bits per heavy atom. The van der Waals surface area contributed by atoms with E-state index in [4.69, 9.17) is 15.2 Å². The van der Waals surface area contributed by atoms with Crippen LogP contribution in [-0.4, -0.2) is 25.7 Å². The molecule has 3 N–H and O–H groups in total. The van der Waals surface area contributed by atoms with Crippen molar-refractivity contribution in [2.24, 2.45) is 11.7 Å². The van der Waals surface area contributed by atoms with Crippen molar-refractivity contribution in [3.05, 3.63) is 54.1 Å². The largest absolute Gasteiger partial charge is 0.493 e. The van der Waals surface area contributed by atoms with Crippen molar-refractivity contribution in [1.82, 2.24) is 0 Å². The quantitative estimate of drug-likeness (QED) is 0.780. The molecular weight excluding hydrogens is 304 g/mol. The van der Waals surface area contributed by atoms with Gasteiger partial charge in [0.15, 0.2) is 0 Å². The van der Waals surface area contributed by atoms with Crippen LogP contribution in [0, 0.1) is 5.92 Å². The van der Waals surface area contributed by atoms with Gasteiger partial charge in [-0.2, -0.15) is 0 Å². The number of ether oxygens (including phenoxy) is 2. The van der Waals surface area contributed by atoms with Crippen LogP contribution in [0.15, 0.2) is 48.5 Å². The van der Waals surface area contributed by atoms with Gasteiger partial charge in [0.25, 0.3) is 5.91 Å². The van der Waals surface area contributed by atoms with Crippen LogP contribution in [0.25, 0.3) is 0 Å². The maximum absolute atomic E-state index is 12.3. The minimum atomic E-state index is -0.180. The molecule has 2 rings (SSSR count). The lowest BCUT2D eigenvalue weighted by atomic mass is 10.2. The van der Waals surface area contributed by atoms with Crippen molar-refractivity contribution in [1.29, 1.82) is 0 Å². The van der Waals surface area contributed by atoms with Gasteiger partial charge in [-0.05, 0) is 48.4 Å². The van der Waals surface area contributed by atoms with Crippen molar-refractivity contribution in [3.63, 3.8) is 0 Å². The summed E-state index contributed by atoms with van der Waals surface area (Å²) in [5.74, 6) is 1.67. The van der Waals surface area contributed by atoms with Gasteiger partial charge in [0.2, 0.25) is 0 Å². The number of amides is 1. The molecule has 5 nitrogen and oxygen atoms in total. The Bertz CT molecular complexity index is 654. The molecule has 5 heteroatoms.